The maximum Gasteiger partial charge on any atom is 0.251 e. The fourth-order valence-electron chi connectivity index (χ4n) is 1.67. The van der Waals surface area contributed by atoms with E-state index in [1.54, 1.807) is 24.3 Å². The van der Waals surface area contributed by atoms with Gasteiger partial charge < -0.3 is 5.32 Å². The summed E-state index contributed by atoms with van der Waals surface area (Å²) in [6, 6.07) is 6.17. The van der Waals surface area contributed by atoms with Crippen molar-refractivity contribution in [3.8, 4) is 0 Å². The Morgan fingerprint density at radius 3 is 2.56 bits per heavy atom. The fourth-order valence-corrected chi connectivity index (χ4v) is 1.94. The van der Waals surface area contributed by atoms with Gasteiger partial charge in [-0.3, -0.25) is 19.7 Å². The molecule has 1 aromatic rings. The second-order valence-corrected chi connectivity index (χ2v) is 4.90. The minimum absolute atomic E-state index is 0.247. The van der Waals surface area contributed by atoms with E-state index in [1.807, 2.05) is 0 Å². The van der Waals surface area contributed by atoms with Crippen molar-refractivity contribution in [2.24, 2.45) is 0 Å². The highest BCUT2D eigenvalue weighted by Gasteiger charge is 2.27. The Bertz CT molecular complexity index is 499. The van der Waals surface area contributed by atoms with Crippen LogP contribution in [0.3, 0.4) is 0 Å². The lowest BCUT2D eigenvalue weighted by molar-refractivity contribution is -0.134. The first-order valence-corrected chi connectivity index (χ1v) is 6.25. The van der Waals surface area contributed by atoms with Crippen molar-refractivity contribution >= 4 is 33.7 Å². The number of imide groups is 1. The summed E-state index contributed by atoms with van der Waals surface area (Å²) in [5, 5.41) is 4.80. The van der Waals surface area contributed by atoms with E-state index < -0.39 is 11.9 Å². The number of halogens is 1. The third-order valence-corrected chi connectivity index (χ3v) is 3.18. The van der Waals surface area contributed by atoms with Gasteiger partial charge in [0, 0.05) is 16.5 Å². The van der Waals surface area contributed by atoms with Gasteiger partial charge in [-0.15, -0.1) is 0 Å². The van der Waals surface area contributed by atoms with Crippen LogP contribution < -0.4 is 10.6 Å². The highest BCUT2D eigenvalue weighted by molar-refractivity contribution is 9.10. The molecule has 1 atom stereocenters. The van der Waals surface area contributed by atoms with Crippen LogP contribution in [-0.4, -0.2) is 23.8 Å². The Hall–Kier alpha value is -1.69. The van der Waals surface area contributed by atoms with Gasteiger partial charge in [0.25, 0.3) is 5.91 Å². The summed E-state index contributed by atoms with van der Waals surface area (Å²) in [4.78, 5) is 34.3. The van der Waals surface area contributed by atoms with Gasteiger partial charge in [0.05, 0.1) is 0 Å². The molecule has 0 saturated carbocycles. The van der Waals surface area contributed by atoms with E-state index >= 15 is 0 Å². The summed E-state index contributed by atoms with van der Waals surface area (Å²) in [7, 11) is 0. The lowest BCUT2D eigenvalue weighted by Gasteiger charge is -2.21. The Morgan fingerprint density at radius 2 is 1.94 bits per heavy atom. The van der Waals surface area contributed by atoms with E-state index in [9.17, 15) is 14.4 Å². The number of benzene rings is 1. The van der Waals surface area contributed by atoms with Crippen LogP contribution in [0, 0.1) is 0 Å². The molecule has 3 amide bonds. The summed E-state index contributed by atoms with van der Waals surface area (Å²) < 4.78 is 0.875. The topological polar surface area (TPSA) is 75.3 Å². The van der Waals surface area contributed by atoms with Gasteiger partial charge in [-0.05, 0) is 30.7 Å². The van der Waals surface area contributed by atoms with Crippen LogP contribution in [0.4, 0.5) is 0 Å². The van der Waals surface area contributed by atoms with Crippen LogP contribution in [0.5, 0.6) is 0 Å². The van der Waals surface area contributed by atoms with Gasteiger partial charge in [-0.1, -0.05) is 15.9 Å². The standard InChI is InChI=1S/C12H11BrN2O3/c13-8-3-1-7(2-4-8)11(17)14-9-5-6-10(16)15-12(9)18/h1-4,9H,5-6H2,(H,14,17)(H,15,16,18). The first-order chi connectivity index (χ1) is 8.56. The van der Waals surface area contributed by atoms with E-state index in [0.717, 1.165) is 4.47 Å². The van der Waals surface area contributed by atoms with Crippen molar-refractivity contribution in [2.75, 3.05) is 0 Å². The van der Waals surface area contributed by atoms with Crippen LogP contribution in [0.1, 0.15) is 23.2 Å². The van der Waals surface area contributed by atoms with E-state index in [0.29, 0.717) is 12.0 Å². The molecule has 18 heavy (non-hydrogen) atoms. The Balaban J connectivity index is 2.01. The lowest BCUT2D eigenvalue weighted by atomic mass is 10.1. The van der Waals surface area contributed by atoms with Crippen molar-refractivity contribution in [3.63, 3.8) is 0 Å². The van der Waals surface area contributed by atoms with Gasteiger partial charge >= 0.3 is 0 Å². The third kappa shape index (κ3) is 2.95. The molecule has 1 unspecified atom stereocenters. The lowest BCUT2D eigenvalue weighted by Crippen LogP contribution is -2.52. The van der Waals surface area contributed by atoms with Crippen molar-refractivity contribution in [3.05, 3.63) is 34.3 Å². The van der Waals surface area contributed by atoms with Gasteiger partial charge in [0.2, 0.25) is 11.8 Å². The zero-order valence-electron chi connectivity index (χ0n) is 9.40. The Morgan fingerprint density at radius 1 is 1.28 bits per heavy atom. The summed E-state index contributed by atoms with van der Waals surface area (Å²) in [6.45, 7) is 0. The molecule has 5 nitrogen and oxygen atoms in total. The monoisotopic (exact) mass is 310 g/mol. The highest BCUT2D eigenvalue weighted by Crippen LogP contribution is 2.11. The summed E-state index contributed by atoms with van der Waals surface area (Å²) in [6.07, 6.45) is 0.587. The Labute approximate surface area is 112 Å². The fraction of sp³-hybridized carbons (Fsp3) is 0.250. The van der Waals surface area contributed by atoms with E-state index in [-0.39, 0.29) is 18.2 Å². The molecular weight excluding hydrogens is 300 g/mol. The predicted octanol–water partition coefficient (Wildman–Crippen LogP) is 0.984. The second-order valence-electron chi connectivity index (χ2n) is 3.98. The minimum atomic E-state index is -0.640. The second kappa shape index (κ2) is 5.30. The van der Waals surface area contributed by atoms with E-state index in [2.05, 4.69) is 26.6 Å². The molecule has 2 rings (SSSR count). The van der Waals surface area contributed by atoms with Crippen LogP contribution in [0.2, 0.25) is 0 Å². The third-order valence-electron chi connectivity index (χ3n) is 2.65. The maximum absolute atomic E-state index is 11.9. The molecule has 1 saturated heterocycles. The van der Waals surface area contributed by atoms with Gasteiger partial charge in [-0.25, -0.2) is 0 Å². The van der Waals surface area contributed by atoms with Crippen molar-refractivity contribution in [1.82, 2.24) is 10.6 Å². The number of carbonyl (C=O) groups is 3. The summed E-state index contributed by atoms with van der Waals surface area (Å²) >= 11 is 3.28. The van der Waals surface area contributed by atoms with Crippen LogP contribution in [0.15, 0.2) is 28.7 Å². The molecule has 0 bridgehead atoms. The molecule has 0 spiro atoms. The van der Waals surface area contributed by atoms with Crippen molar-refractivity contribution in [2.45, 2.75) is 18.9 Å². The normalized spacial score (nSPS) is 19.3. The number of piperidine rings is 1. The van der Waals surface area contributed by atoms with E-state index in [4.69, 9.17) is 0 Å². The molecule has 2 N–H and O–H groups in total. The van der Waals surface area contributed by atoms with Crippen molar-refractivity contribution < 1.29 is 14.4 Å². The number of nitrogens with one attached hydrogen (secondary N) is 2. The first-order valence-electron chi connectivity index (χ1n) is 5.46. The molecular formula is C12H11BrN2O3. The summed E-state index contributed by atoms with van der Waals surface area (Å²) in [5.41, 5.74) is 0.475. The van der Waals surface area contributed by atoms with E-state index in [1.165, 1.54) is 0 Å². The zero-order valence-corrected chi connectivity index (χ0v) is 11.0. The largest absolute Gasteiger partial charge is 0.340 e. The molecule has 1 heterocycles. The molecule has 1 aliphatic rings. The van der Waals surface area contributed by atoms with Crippen LogP contribution in [-0.2, 0) is 9.59 Å². The van der Waals surface area contributed by atoms with Gasteiger partial charge in [0.15, 0.2) is 0 Å². The number of hydrogen-bond donors (Lipinski definition) is 2. The minimum Gasteiger partial charge on any atom is -0.340 e. The molecule has 0 radical (unpaired) electrons. The molecule has 1 fully saturated rings. The van der Waals surface area contributed by atoms with Gasteiger partial charge in [-0.2, -0.15) is 0 Å². The molecule has 1 aliphatic heterocycles. The smallest absolute Gasteiger partial charge is 0.251 e. The average molecular weight is 311 g/mol. The maximum atomic E-state index is 11.9. The number of hydrogen-bond acceptors (Lipinski definition) is 3. The molecule has 0 aliphatic carbocycles. The SMILES string of the molecule is O=C1CCC(NC(=O)c2ccc(Br)cc2)C(=O)N1. The van der Waals surface area contributed by atoms with Crippen molar-refractivity contribution in [1.29, 1.82) is 0 Å². The molecule has 0 aromatic heterocycles. The predicted molar refractivity (Wildman–Crippen MR) is 67.8 cm³/mol. The Kier molecular flexibility index (Phi) is 3.76. The molecule has 6 heteroatoms. The number of carbonyl (C=O) groups excluding carboxylic acids is 3. The number of amides is 3. The molecule has 94 valence electrons. The quantitative estimate of drug-likeness (QED) is 0.800. The average Bonchev–Trinajstić information content (AvgIpc) is 2.33. The first kappa shape index (κ1) is 12.8. The van der Waals surface area contributed by atoms with Crippen LogP contribution in [0.25, 0.3) is 0 Å². The van der Waals surface area contributed by atoms with Crippen LogP contribution >= 0.6 is 15.9 Å². The zero-order chi connectivity index (χ0) is 13.1. The van der Waals surface area contributed by atoms with Gasteiger partial charge in [0.1, 0.15) is 6.04 Å². The summed E-state index contributed by atoms with van der Waals surface area (Å²) in [5.74, 6) is -1.07. The highest BCUT2D eigenvalue weighted by atomic mass is 79.9. The number of rotatable bonds is 2. The molecule has 1 aromatic carbocycles.